The van der Waals surface area contributed by atoms with Gasteiger partial charge in [-0.3, -0.25) is 4.90 Å². The third-order valence-corrected chi connectivity index (χ3v) is 3.31. The number of nitrogens with two attached hydrogens (primary N) is 1. The van der Waals surface area contributed by atoms with Gasteiger partial charge in [-0.25, -0.2) is 4.79 Å². The number of benzene rings is 1. The monoisotopic (exact) mass is 268 g/mol. The Labute approximate surface area is 112 Å². The van der Waals surface area contributed by atoms with Gasteiger partial charge in [-0.2, -0.15) is 0 Å². The number of carbonyl (C=O) groups is 1. The fraction of sp³-hybridized carbons (Fsp3) is 0.462. The quantitative estimate of drug-likeness (QED) is 0.672. The molecule has 2 rings (SSSR count). The second kappa shape index (κ2) is 6.07. The van der Waals surface area contributed by atoms with Crippen molar-refractivity contribution in [2.75, 3.05) is 32.0 Å². The fourth-order valence-electron chi connectivity index (χ4n) is 2.07. The maximum Gasteiger partial charge on any atom is 0.340 e. The van der Waals surface area contributed by atoms with E-state index in [4.69, 9.17) is 22.1 Å². The first kappa shape index (κ1) is 13.2. The lowest BCUT2D eigenvalue weighted by atomic mass is 10.2. The predicted molar refractivity (Wildman–Crippen MR) is 71.8 cm³/mol. The molecule has 0 spiro atoms. The summed E-state index contributed by atoms with van der Waals surface area (Å²) in [5, 5.41) is 0.515. The number of anilines is 1. The predicted octanol–water partition coefficient (Wildman–Crippen LogP) is 2.17. The molecule has 1 saturated heterocycles. The van der Waals surface area contributed by atoms with Crippen LogP contribution in [0, 0.1) is 0 Å². The van der Waals surface area contributed by atoms with Crippen molar-refractivity contribution in [1.82, 2.24) is 4.90 Å². The lowest BCUT2D eigenvalue weighted by Gasteiger charge is -2.14. The third-order valence-electron chi connectivity index (χ3n) is 3.07. The van der Waals surface area contributed by atoms with Crippen LogP contribution in [0.4, 0.5) is 5.69 Å². The summed E-state index contributed by atoms with van der Waals surface area (Å²) in [7, 11) is 0. The molecule has 1 heterocycles. The highest BCUT2D eigenvalue weighted by atomic mass is 35.5. The lowest BCUT2D eigenvalue weighted by molar-refractivity contribution is 0.0473. The van der Waals surface area contributed by atoms with Crippen LogP contribution in [0.5, 0.6) is 0 Å². The average molecular weight is 269 g/mol. The summed E-state index contributed by atoms with van der Waals surface area (Å²) in [5.74, 6) is -0.386. The van der Waals surface area contributed by atoms with E-state index in [2.05, 4.69) is 4.90 Å². The lowest BCUT2D eigenvalue weighted by Crippen LogP contribution is -2.25. The maximum atomic E-state index is 11.8. The molecule has 0 amide bonds. The molecule has 0 aromatic heterocycles. The molecule has 0 unspecified atom stereocenters. The molecule has 0 aliphatic carbocycles. The number of nitrogens with zero attached hydrogens (tertiary/aromatic N) is 1. The first-order valence-corrected chi connectivity index (χ1v) is 6.49. The van der Waals surface area contributed by atoms with E-state index in [0.29, 0.717) is 22.9 Å². The smallest absolute Gasteiger partial charge is 0.340 e. The van der Waals surface area contributed by atoms with Gasteiger partial charge in [0.05, 0.1) is 5.56 Å². The summed E-state index contributed by atoms with van der Waals surface area (Å²) < 4.78 is 5.21. The van der Waals surface area contributed by atoms with Gasteiger partial charge < -0.3 is 10.5 Å². The Morgan fingerprint density at radius 2 is 2.11 bits per heavy atom. The zero-order valence-electron chi connectivity index (χ0n) is 10.2. The minimum atomic E-state index is -0.386. The standard InChI is InChI=1S/C13H17ClN2O2/c14-10-3-4-11(12(15)9-10)13(17)18-8-7-16-5-1-2-6-16/h3-4,9H,1-2,5-8,15H2. The molecule has 1 aromatic rings. The van der Waals surface area contributed by atoms with Crippen LogP contribution >= 0.6 is 11.6 Å². The van der Waals surface area contributed by atoms with Gasteiger partial charge in [0.15, 0.2) is 0 Å². The number of hydrogen-bond acceptors (Lipinski definition) is 4. The van der Waals surface area contributed by atoms with Crippen molar-refractivity contribution >= 4 is 23.3 Å². The summed E-state index contributed by atoms with van der Waals surface area (Å²) in [6, 6.07) is 4.78. The SMILES string of the molecule is Nc1cc(Cl)ccc1C(=O)OCCN1CCCC1. The molecule has 1 aliphatic rings. The average Bonchev–Trinajstić information content (AvgIpc) is 2.81. The van der Waals surface area contributed by atoms with Crippen LogP contribution in [0.3, 0.4) is 0 Å². The van der Waals surface area contributed by atoms with Crippen LogP contribution in [0.1, 0.15) is 23.2 Å². The first-order valence-electron chi connectivity index (χ1n) is 6.11. The van der Waals surface area contributed by atoms with Gasteiger partial charge >= 0.3 is 5.97 Å². The van der Waals surface area contributed by atoms with Crippen molar-refractivity contribution in [1.29, 1.82) is 0 Å². The number of nitrogen functional groups attached to an aromatic ring is 1. The molecule has 0 saturated carbocycles. The maximum absolute atomic E-state index is 11.8. The molecule has 0 atom stereocenters. The van der Waals surface area contributed by atoms with Gasteiger partial charge in [-0.15, -0.1) is 0 Å². The molecule has 1 aliphatic heterocycles. The number of rotatable bonds is 4. The van der Waals surface area contributed by atoms with Crippen molar-refractivity contribution in [3.8, 4) is 0 Å². The van der Waals surface area contributed by atoms with Gasteiger partial charge in [-0.05, 0) is 44.1 Å². The zero-order chi connectivity index (χ0) is 13.0. The highest BCUT2D eigenvalue weighted by molar-refractivity contribution is 6.31. The summed E-state index contributed by atoms with van der Waals surface area (Å²) in [5.41, 5.74) is 6.45. The Morgan fingerprint density at radius 1 is 1.39 bits per heavy atom. The number of carbonyl (C=O) groups excluding carboxylic acids is 1. The van der Waals surface area contributed by atoms with E-state index in [1.54, 1.807) is 18.2 Å². The molecule has 98 valence electrons. The van der Waals surface area contributed by atoms with Crippen molar-refractivity contribution in [2.24, 2.45) is 0 Å². The van der Waals surface area contributed by atoms with Crippen LogP contribution < -0.4 is 5.73 Å². The van der Waals surface area contributed by atoms with E-state index in [0.717, 1.165) is 19.6 Å². The summed E-state index contributed by atoms with van der Waals surface area (Å²) in [6.07, 6.45) is 2.47. The topological polar surface area (TPSA) is 55.6 Å². The van der Waals surface area contributed by atoms with Crippen molar-refractivity contribution < 1.29 is 9.53 Å². The number of esters is 1. The second-order valence-electron chi connectivity index (χ2n) is 4.42. The molecule has 4 nitrogen and oxygen atoms in total. The van der Waals surface area contributed by atoms with Crippen LogP contribution in [-0.2, 0) is 4.74 Å². The minimum absolute atomic E-state index is 0.355. The normalized spacial score (nSPS) is 15.8. The first-order chi connectivity index (χ1) is 8.66. The molecule has 1 aromatic carbocycles. The van der Waals surface area contributed by atoms with E-state index in [9.17, 15) is 4.79 Å². The summed E-state index contributed by atoms with van der Waals surface area (Å²) >= 11 is 5.77. The molecule has 1 fully saturated rings. The Balaban J connectivity index is 1.83. The van der Waals surface area contributed by atoms with E-state index < -0.39 is 0 Å². The Bertz CT molecular complexity index is 431. The van der Waals surface area contributed by atoms with Crippen LogP contribution in [0.2, 0.25) is 5.02 Å². The molecule has 2 N–H and O–H groups in total. The Hall–Kier alpha value is -1.26. The number of halogens is 1. The largest absolute Gasteiger partial charge is 0.461 e. The Morgan fingerprint density at radius 3 is 2.78 bits per heavy atom. The minimum Gasteiger partial charge on any atom is -0.461 e. The van der Waals surface area contributed by atoms with Crippen LogP contribution in [0.15, 0.2) is 18.2 Å². The van der Waals surface area contributed by atoms with Crippen LogP contribution in [0.25, 0.3) is 0 Å². The van der Waals surface area contributed by atoms with E-state index in [-0.39, 0.29) is 5.97 Å². The summed E-state index contributed by atoms with van der Waals surface area (Å²) in [4.78, 5) is 14.1. The second-order valence-corrected chi connectivity index (χ2v) is 4.85. The number of likely N-dealkylation sites (tertiary alicyclic amines) is 1. The van der Waals surface area contributed by atoms with Gasteiger partial charge in [0.25, 0.3) is 0 Å². The van der Waals surface area contributed by atoms with Gasteiger partial charge in [-0.1, -0.05) is 11.6 Å². The highest BCUT2D eigenvalue weighted by Crippen LogP contribution is 2.18. The number of hydrogen-bond donors (Lipinski definition) is 1. The van der Waals surface area contributed by atoms with Gasteiger partial charge in [0, 0.05) is 17.3 Å². The molecule has 0 radical (unpaired) electrons. The summed E-state index contributed by atoms with van der Waals surface area (Å²) in [6.45, 7) is 3.39. The van der Waals surface area contributed by atoms with E-state index in [1.807, 2.05) is 0 Å². The molecule has 0 bridgehead atoms. The molecule has 5 heteroatoms. The Kier molecular flexibility index (Phi) is 4.44. The van der Waals surface area contributed by atoms with E-state index >= 15 is 0 Å². The fourth-order valence-corrected chi connectivity index (χ4v) is 2.25. The van der Waals surface area contributed by atoms with Crippen molar-refractivity contribution in [3.05, 3.63) is 28.8 Å². The number of ether oxygens (including phenoxy) is 1. The van der Waals surface area contributed by atoms with Crippen molar-refractivity contribution in [3.63, 3.8) is 0 Å². The van der Waals surface area contributed by atoms with E-state index in [1.165, 1.54) is 12.8 Å². The van der Waals surface area contributed by atoms with Gasteiger partial charge in [0.2, 0.25) is 0 Å². The molecular formula is C13H17ClN2O2. The third kappa shape index (κ3) is 3.37. The van der Waals surface area contributed by atoms with Gasteiger partial charge in [0.1, 0.15) is 6.61 Å². The zero-order valence-corrected chi connectivity index (χ0v) is 10.9. The molecular weight excluding hydrogens is 252 g/mol. The van der Waals surface area contributed by atoms with Crippen LogP contribution in [-0.4, -0.2) is 37.1 Å². The highest BCUT2D eigenvalue weighted by Gasteiger charge is 2.14. The molecule has 18 heavy (non-hydrogen) atoms. The van der Waals surface area contributed by atoms with Crippen molar-refractivity contribution in [2.45, 2.75) is 12.8 Å².